The Morgan fingerprint density at radius 1 is 0.950 bits per heavy atom. The van der Waals surface area contributed by atoms with Gasteiger partial charge in [0.2, 0.25) is 0 Å². The SMILES string of the molecule is CC1(C)[C@@H](O)CC[C@]2(C)[C@H]3C(=O)C=C4[C@@H]5C[C@@](C)(/C=C/C(=O)NNC(N)=O)CC[C@]5(C)CC[C@@]4(C)[C@]3(C)CC[C@@H]12. The molecule has 3 amide bonds. The van der Waals surface area contributed by atoms with Gasteiger partial charge in [-0.15, -0.1) is 0 Å². The molecule has 0 saturated heterocycles. The monoisotopic (exact) mass is 553 g/mol. The minimum Gasteiger partial charge on any atom is -0.393 e. The molecule has 0 radical (unpaired) electrons. The molecular formula is C33H51N3O4. The first-order valence-corrected chi connectivity index (χ1v) is 15.4. The van der Waals surface area contributed by atoms with Crippen molar-refractivity contribution in [2.24, 2.45) is 56.0 Å². The van der Waals surface area contributed by atoms with E-state index in [2.05, 4.69) is 65.4 Å². The molecule has 7 nitrogen and oxygen atoms in total. The van der Waals surface area contributed by atoms with E-state index >= 15 is 0 Å². The molecule has 0 spiro atoms. The lowest BCUT2D eigenvalue weighted by Gasteiger charge is -2.70. The first kappa shape index (κ1) is 29.3. The summed E-state index contributed by atoms with van der Waals surface area (Å²) in [6, 6.07) is -0.806. The molecule has 5 aliphatic rings. The highest BCUT2D eigenvalue weighted by molar-refractivity contribution is 5.95. The highest BCUT2D eigenvalue weighted by atomic mass is 16.3. The predicted octanol–water partition coefficient (Wildman–Crippen LogP) is 5.58. The van der Waals surface area contributed by atoms with Crippen LogP contribution in [0.4, 0.5) is 4.79 Å². The average Bonchev–Trinajstić information content (AvgIpc) is 2.86. The lowest BCUT2D eigenvalue weighted by Crippen LogP contribution is -2.66. The molecule has 0 bridgehead atoms. The number of nitrogens with two attached hydrogens (primary N) is 1. The number of nitrogens with one attached hydrogen (secondary N) is 2. The third-order valence-corrected chi connectivity index (χ3v) is 13.5. The zero-order chi connectivity index (χ0) is 29.5. The van der Waals surface area contributed by atoms with E-state index in [9.17, 15) is 19.5 Å². The van der Waals surface area contributed by atoms with E-state index in [4.69, 9.17) is 5.73 Å². The number of amides is 3. The van der Waals surface area contributed by atoms with Crippen LogP contribution < -0.4 is 16.6 Å². The van der Waals surface area contributed by atoms with Crippen molar-refractivity contribution in [2.75, 3.05) is 0 Å². The van der Waals surface area contributed by atoms with Gasteiger partial charge in [-0.2, -0.15) is 0 Å². The van der Waals surface area contributed by atoms with Crippen LogP contribution in [0.5, 0.6) is 0 Å². The highest BCUT2D eigenvalue weighted by Gasteiger charge is 2.70. The van der Waals surface area contributed by atoms with E-state index in [1.165, 1.54) is 11.6 Å². The quantitative estimate of drug-likeness (QED) is 0.263. The molecule has 0 aliphatic heterocycles. The van der Waals surface area contributed by atoms with Crippen LogP contribution in [0.2, 0.25) is 0 Å². The zero-order valence-electron chi connectivity index (χ0n) is 25.7. The maximum atomic E-state index is 14.4. The van der Waals surface area contributed by atoms with E-state index < -0.39 is 11.9 Å². The van der Waals surface area contributed by atoms with Crippen LogP contribution in [0.25, 0.3) is 0 Å². The maximum Gasteiger partial charge on any atom is 0.330 e. The van der Waals surface area contributed by atoms with Crippen LogP contribution in [0.3, 0.4) is 0 Å². The fraction of sp³-hybridized carbons (Fsp3) is 0.788. The van der Waals surface area contributed by atoms with Crippen molar-refractivity contribution in [3.05, 3.63) is 23.8 Å². The van der Waals surface area contributed by atoms with Crippen LogP contribution in [0.1, 0.15) is 106 Å². The van der Waals surface area contributed by atoms with Gasteiger partial charge in [0, 0.05) is 12.0 Å². The van der Waals surface area contributed by atoms with Gasteiger partial charge in [-0.3, -0.25) is 15.0 Å². The van der Waals surface area contributed by atoms with E-state index in [0.717, 1.165) is 57.8 Å². The van der Waals surface area contributed by atoms with Gasteiger partial charge >= 0.3 is 6.03 Å². The number of aliphatic hydroxyl groups is 1. The van der Waals surface area contributed by atoms with Crippen molar-refractivity contribution in [3.8, 4) is 0 Å². The summed E-state index contributed by atoms with van der Waals surface area (Å²) in [7, 11) is 0. The van der Waals surface area contributed by atoms with Crippen LogP contribution >= 0.6 is 0 Å². The molecule has 40 heavy (non-hydrogen) atoms. The standard InChI is InChI=1S/C33H51N3O4/c1-28(2)23-8-13-33(7)26(31(23,5)12-9-24(28)38)22(37)18-20-21-19-29(3,11-10-25(39)35-36-27(34)40)14-15-30(21,4)16-17-32(20,33)6/h10-11,18,21,23-24,26,38H,8-9,12-17,19H2,1-7H3,(H,35,39)(H3,34,36,40)/b11-10+/t21-,23-,24-,26+,29-,30+,31-,32+,33+/m0/s1. The normalized spacial score (nSPS) is 47.7. The molecule has 7 heteroatoms. The Bertz CT molecular complexity index is 1180. The molecule has 5 N–H and O–H groups in total. The maximum absolute atomic E-state index is 14.4. The number of aliphatic hydroxyl groups excluding tert-OH is 1. The van der Waals surface area contributed by atoms with E-state index in [1.54, 1.807) is 0 Å². The molecule has 0 heterocycles. The number of carbonyl (C=O) groups excluding carboxylic acids is 3. The van der Waals surface area contributed by atoms with Crippen LogP contribution in [-0.2, 0) is 9.59 Å². The number of allylic oxidation sites excluding steroid dienone is 3. The summed E-state index contributed by atoms with van der Waals surface area (Å²) in [5.41, 5.74) is 10.3. The number of primary amides is 1. The van der Waals surface area contributed by atoms with Crippen molar-refractivity contribution in [1.29, 1.82) is 0 Å². The number of rotatable bonds is 2. The Kier molecular flexibility index (Phi) is 6.73. The van der Waals surface area contributed by atoms with E-state index in [-0.39, 0.29) is 50.4 Å². The number of hydrogen-bond acceptors (Lipinski definition) is 4. The molecule has 0 unspecified atom stereocenters. The Balaban J connectivity index is 1.50. The fourth-order valence-corrected chi connectivity index (χ4v) is 10.8. The molecule has 0 aromatic heterocycles. The number of fused-ring (bicyclic) bond motifs is 7. The van der Waals surface area contributed by atoms with Crippen molar-refractivity contribution in [3.63, 3.8) is 0 Å². The van der Waals surface area contributed by atoms with Gasteiger partial charge in [0.1, 0.15) is 0 Å². The smallest absolute Gasteiger partial charge is 0.330 e. The summed E-state index contributed by atoms with van der Waals surface area (Å²) in [5, 5.41) is 10.9. The second kappa shape index (κ2) is 9.17. The first-order chi connectivity index (χ1) is 18.4. The molecular weight excluding hydrogens is 502 g/mol. The minimum atomic E-state index is -0.806. The van der Waals surface area contributed by atoms with Gasteiger partial charge in [-0.1, -0.05) is 60.1 Å². The molecule has 9 atom stereocenters. The van der Waals surface area contributed by atoms with Crippen molar-refractivity contribution in [2.45, 2.75) is 112 Å². The van der Waals surface area contributed by atoms with Gasteiger partial charge in [0.15, 0.2) is 5.78 Å². The first-order valence-electron chi connectivity index (χ1n) is 15.4. The number of carbonyl (C=O) groups is 3. The third kappa shape index (κ3) is 4.12. The molecule has 5 rings (SSSR count). The Hall–Kier alpha value is -2.15. The van der Waals surface area contributed by atoms with Crippen LogP contribution in [0.15, 0.2) is 23.8 Å². The van der Waals surface area contributed by atoms with Crippen LogP contribution in [0, 0.1) is 50.2 Å². The summed E-state index contributed by atoms with van der Waals surface area (Å²) in [5.74, 6) is 0.475. The van der Waals surface area contributed by atoms with E-state index in [1.807, 2.05) is 6.08 Å². The number of urea groups is 1. The Morgan fingerprint density at radius 3 is 2.30 bits per heavy atom. The van der Waals surface area contributed by atoms with Gasteiger partial charge < -0.3 is 10.8 Å². The summed E-state index contributed by atoms with van der Waals surface area (Å²) in [6.07, 6.45) is 14.2. The predicted molar refractivity (Wildman–Crippen MR) is 155 cm³/mol. The number of ketones is 1. The largest absolute Gasteiger partial charge is 0.393 e. The molecule has 4 saturated carbocycles. The van der Waals surface area contributed by atoms with Gasteiger partial charge in [0.25, 0.3) is 5.91 Å². The third-order valence-electron chi connectivity index (χ3n) is 13.5. The minimum absolute atomic E-state index is 0.0278. The summed E-state index contributed by atoms with van der Waals surface area (Å²) < 4.78 is 0. The Morgan fingerprint density at radius 2 is 1.62 bits per heavy atom. The van der Waals surface area contributed by atoms with Crippen LogP contribution in [-0.4, -0.2) is 28.9 Å². The average molecular weight is 554 g/mol. The number of hydrogen-bond donors (Lipinski definition) is 4. The van der Waals surface area contributed by atoms with Gasteiger partial charge in [0.05, 0.1) is 6.10 Å². The summed E-state index contributed by atoms with van der Waals surface area (Å²) in [6.45, 7) is 16.3. The van der Waals surface area contributed by atoms with Gasteiger partial charge in [-0.05, 0) is 108 Å². The molecule has 222 valence electrons. The number of hydrazine groups is 1. The molecule has 0 aromatic carbocycles. The second-order valence-corrected chi connectivity index (χ2v) is 16.0. The molecule has 4 fully saturated rings. The topological polar surface area (TPSA) is 122 Å². The lowest BCUT2D eigenvalue weighted by atomic mass is 9.33. The van der Waals surface area contributed by atoms with Crippen molar-refractivity contribution in [1.82, 2.24) is 10.9 Å². The Labute approximate surface area is 240 Å². The fourth-order valence-electron chi connectivity index (χ4n) is 10.8. The zero-order valence-corrected chi connectivity index (χ0v) is 25.7. The summed E-state index contributed by atoms with van der Waals surface area (Å²) >= 11 is 0. The molecule has 5 aliphatic carbocycles. The van der Waals surface area contributed by atoms with Crippen molar-refractivity contribution < 1.29 is 19.5 Å². The lowest BCUT2D eigenvalue weighted by molar-refractivity contribution is -0.202. The second-order valence-electron chi connectivity index (χ2n) is 16.0. The van der Waals surface area contributed by atoms with Crippen molar-refractivity contribution >= 4 is 17.7 Å². The van der Waals surface area contributed by atoms with Gasteiger partial charge in [-0.25, -0.2) is 10.2 Å². The molecule has 0 aromatic rings. The summed E-state index contributed by atoms with van der Waals surface area (Å²) in [4.78, 5) is 37.6. The van der Waals surface area contributed by atoms with E-state index in [0.29, 0.717) is 11.7 Å². The highest BCUT2D eigenvalue weighted by Crippen LogP contribution is 2.75.